The molecule has 0 aromatic carbocycles. The molecule has 0 amide bonds. The molecule has 0 N–H and O–H groups in total. The molecule has 0 aromatic heterocycles. The van der Waals surface area contributed by atoms with Gasteiger partial charge in [-0.15, -0.1) is 0 Å². The van der Waals surface area contributed by atoms with Gasteiger partial charge >= 0.3 is 17.9 Å². The van der Waals surface area contributed by atoms with Gasteiger partial charge in [-0.1, -0.05) is 264 Å². The zero-order valence-electron chi connectivity index (χ0n) is 51.8. The Morgan fingerprint density at radius 3 is 0.699 bits per heavy atom. The van der Waals surface area contributed by atoms with E-state index < -0.39 is 18.0 Å². The summed E-state index contributed by atoms with van der Waals surface area (Å²) in [5, 5.41) is 0. The molecular formula is C77H110O6. The normalized spacial score (nSPS) is 13.8. The molecule has 0 fully saturated rings. The van der Waals surface area contributed by atoms with Gasteiger partial charge in [0.1, 0.15) is 13.2 Å². The molecule has 0 spiro atoms. The summed E-state index contributed by atoms with van der Waals surface area (Å²) in [7, 11) is 0. The van der Waals surface area contributed by atoms with Gasteiger partial charge in [0.25, 0.3) is 0 Å². The molecule has 1 atom stereocenters. The lowest BCUT2D eigenvalue weighted by molar-refractivity contribution is -0.166. The molecule has 0 saturated heterocycles. The van der Waals surface area contributed by atoms with E-state index in [0.29, 0.717) is 19.3 Å². The Bertz CT molecular complexity index is 2180. The Morgan fingerprint density at radius 2 is 0.446 bits per heavy atom. The molecule has 83 heavy (non-hydrogen) atoms. The number of esters is 3. The van der Waals surface area contributed by atoms with Gasteiger partial charge in [0.2, 0.25) is 0 Å². The third-order valence-electron chi connectivity index (χ3n) is 11.9. The Morgan fingerprint density at radius 1 is 0.241 bits per heavy atom. The molecule has 0 aliphatic carbocycles. The molecule has 454 valence electrons. The SMILES string of the molecule is CC/C=C\C/C=C\C/C=C\C/C=C\C/C=C\C/C=C\C/C=C\C/C=C\CCCCC(=O)OCC(COC(=O)CC/C=C\C/C=C\C/C=C\C/C=C\C/C=C\C/C=C\CC)OC(=O)CC/C=C\C/C=C\C/C=C\C/C=C\C/C=C\C/C=C\CC. The smallest absolute Gasteiger partial charge is 0.306 e. The zero-order valence-corrected chi connectivity index (χ0v) is 51.8. The molecule has 0 radical (unpaired) electrons. The van der Waals surface area contributed by atoms with Crippen LogP contribution in [-0.4, -0.2) is 37.2 Å². The average Bonchev–Trinajstić information content (AvgIpc) is 3.50. The third kappa shape index (κ3) is 65.9. The van der Waals surface area contributed by atoms with Gasteiger partial charge in [0, 0.05) is 19.3 Å². The molecule has 1 unspecified atom stereocenters. The second-order valence-electron chi connectivity index (χ2n) is 19.5. The fourth-order valence-corrected chi connectivity index (χ4v) is 7.27. The fraction of sp³-hybridized carbons (Fsp3) is 0.442. The molecule has 0 aliphatic heterocycles. The monoisotopic (exact) mass is 1130 g/mol. The van der Waals surface area contributed by atoms with Crippen molar-refractivity contribution in [1.29, 1.82) is 0 Å². The van der Waals surface area contributed by atoms with E-state index in [1.165, 1.54) is 0 Å². The lowest BCUT2D eigenvalue weighted by Crippen LogP contribution is -2.30. The molecule has 6 heteroatoms. The summed E-state index contributed by atoms with van der Waals surface area (Å²) in [6, 6.07) is 0. The van der Waals surface area contributed by atoms with E-state index in [1.54, 1.807) is 0 Å². The van der Waals surface area contributed by atoms with Crippen molar-refractivity contribution in [3.63, 3.8) is 0 Å². The highest BCUT2D eigenvalue weighted by Gasteiger charge is 2.19. The zero-order chi connectivity index (χ0) is 59.9. The Balaban J connectivity index is 4.71. The van der Waals surface area contributed by atoms with E-state index in [9.17, 15) is 14.4 Å². The molecule has 0 heterocycles. The van der Waals surface area contributed by atoms with Crippen molar-refractivity contribution in [1.82, 2.24) is 0 Å². The maximum atomic E-state index is 12.9. The fourth-order valence-electron chi connectivity index (χ4n) is 7.27. The van der Waals surface area contributed by atoms with Crippen molar-refractivity contribution in [2.75, 3.05) is 13.2 Å². The highest BCUT2D eigenvalue weighted by Crippen LogP contribution is 2.09. The minimum Gasteiger partial charge on any atom is -0.462 e. The van der Waals surface area contributed by atoms with Crippen LogP contribution in [0.5, 0.6) is 0 Å². The number of rotatable bonds is 53. The van der Waals surface area contributed by atoms with Crippen LogP contribution in [0.3, 0.4) is 0 Å². The van der Waals surface area contributed by atoms with Gasteiger partial charge in [-0.3, -0.25) is 14.4 Å². The van der Waals surface area contributed by atoms with Crippen LogP contribution in [0.2, 0.25) is 0 Å². The highest BCUT2D eigenvalue weighted by molar-refractivity contribution is 5.71. The molecule has 0 saturated carbocycles. The van der Waals surface area contributed by atoms with Gasteiger partial charge in [0.15, 0.2) is 6.10 Å². The molecule has 0 aliphatic rings. The van der Waals surface area contributed by atoms with Gasteiger partial charge in [-0.05, 0) is 161 Å². The first-order valence-electron chi connectivity index (χ1n) is 31.5. The predicted octanol–water partition coefficient (Wildman–Crippen LogP) is 22.1. The van der Waals surface area contributed by atoms with Crippen LogP contribution in [0.4, 0.5) is 0 Å². The minimum atomic E-state index is -0.887. The Labute approximate surface area is 507 Å². The van der Waals surface area contributed by atoms with E-state index in [2.05, 4.69) is 240 Å². The summed E-state index contributed by atoms with van der Waals surface area (Å²) in [5.41, 5.74) is 0. The van der Waals surface area contributed by atoms with Crippen LogP contribution in [-0.2, 0) is 28.6 Å². The number of allylic oxidation sites excluding steroid dienone is 40. The van der Waals surface area contributed by atoms with E-state index >= 15 is 0 Å². The van der Waals surface area contributed by atoms with Crippen molar-refractivity contribution in [2.45, 2.75) is 207 Å². The first-order valence-corrected chi connectivity index (χ1v) is 31.5. The van der Waals surface area contributed by atoms with Crippen LogP contribution in [0.15, 0.2) is 243 Å². The standard InChI is InChI=1S/C77H110O6/c1-4-7-10-13-16-19-22-25-28-31-34-35-36-37-38-39-40-41-44-46-49-52-55-58-61-64-67-70-76(79)82-73-74(83-77(80)71-68-65-62-59-56-53-50-47-43-33-30-27-24-21-18-15-12-9-6-3)72-81-75(78)69-66-63-60-57-54-51-48-45-42-32-29-26-23-20-17-14-11-8-5-2/h7-12,16-21,25-30,34-35,37-38,40-43,45-47,49,51,53-56,58,60,62-63,65,74H,4-6,13-15,22-24,31-33,36,39,44,48,50,52,57,59,61,64,66-73H2,1-3H3/b10-7-,11-8-,12-9-,19-16-,20-17-,21-18-,28-25-,29-26-,30-27-,35-34-,38-37-,41-40-,45-42-,47-43-,49-46-,54-51-,56-53-,58-55-,63-60-,65-62-. The first-order chi connectivity index (χ1) is 41.0. The topological polar surface area (TPSA) is 78.9 Å². The number of ether oxygens (including phenoxy) is 3. The first kappa shape index (κ1) is 76.2. The number of hydrogen-bond donors (Lipinski definition) is 0. The minimum absolute atomic E-state index is 0.163. The molecule has 0 rings (SSSR count). The van der Waals surface area contributed by atoms with Crippen molar-refractivity contribution in [3.05, 3.63) is 243 Å². The van der Waals surface area contributed by atoms with Crippen LogP contribution in [0, 0.1) is 0 Å². The van der Waals surface area contributed by atoms with Crippen molar-refractivity contribution < 1.29 is 28.6 Å². The van der Waals surface area contributed by atoms with Crippen molar-refractivity contribution in [2.24, 2.45) is 0 Å². The number of unbranched alkanes of at least 4 members (excludes halogenated alkanes) is 2. The van der Waals surface area contributed by atoms with Gasteiger partial charge in [-0.25, -0.2) is 0 Å². The summed E-state index contributed by atoms with van der Waals surface area (Å²) in [6.45, 7) is 6.10. The van der Waals surface area contributed by atoms with Crippen molar-refractivity contribution >= 4 is 17.9 Å². The predicted molar refractivity (Wildman–Crippen MR) is 361 cm³/mol. The number of carbonyl (C=O) groups is 3. The Kier molecular flexibility index (Phi) is 62.2. The van der Waals surface area contributed by atoms with E-state index in [4.69, 9.17) is 14.2 Å². The van der Waals surface area contributed by atoms with Gasteiger partial charge < -0.3 is 14.2 Å². The molecule has 0 bridgehead atoms. The van der Waals surface area contributed by atoms with Crippen LogP contribution >= 0.6 is 0 Å². The van der Waals surface area contributed by atoms with E-state index in [0.717, 1.165) is 141 Å². The second-order valence-corrected chi connectivity index (χ2v) is 19.5. The maximum Gasteiger partial charge on any atom is 0.306 e. The Hall–Kier alpha value is -6.79. The molecular weight excluding hydrogens is 1020 g/mol. The van der Waals surface area contributed by atoms with E-state index in [-0.39, 0.29) is 38.4 Å². The maximum absolute atomic E-state index is 12.9. The summed E-state index contributed by atoms with van der Waals surface area (Å²) < 4.78 is 16.7. The largest absolute Gasteiger partial charge is 0.462 e. The van der Waals surface area contributed by atoms with Gasteiger partial charge in [0.05, 0.1) is 0 Å². The quantitative estimate of drug-likeness (QED) is 0.0261. The lowest BCUT2D eigenvalue weighted by Gasteiger charge is -2.18. The van der Waals surface area contributed by atoms with Crippen LogP contribution in [0.1, 0.15) is 201 Å². The lowest BCUT2D eigenvalue weighted by atomic mass is 10.2. The molecule has 6 nitrogen and oxygen atoms in total. The summed E-state index contributed by atoms with van der Waals surface area (Å²) in [6.07, 6.45) is 109. The average molecular weight is 1130 g/mol. The highest BCUT2D eigenvalue weighted by atomic mass is 16.6. The number of hydrogen-bond acceptors (Lipinski definition) is 6. The van der Waals surface area contributed by atoms with Crippen LogP contribution < -0.4 is 0 Å². The number of carbonyl (C=O) groups excluding carboxylic acids is 3. The van der Waals surface area contributed by atoms with Gasteiger partial charge in [-0.2, -0.15) is 0 Å². The molecule has 0 aromatic rings. The summed E-state index contributed by atoms with van der Waals surface area (Å²) >= 11 is 0. The summed E-state index contributed by atoms with van der Waals surface area (Å²) in [4.78, 5) is 38.3. The third-order valence-corrected chi connectivity index (χ3v) is 11.9. The van der Waals surface area contributed by atoms with E-state index in [1.807, 2.05) is 24.3 Å². The van der Waals surface area contributed by atoms with Crippen molar-refractivity contribution in [3.8, 4) is 0 Å². The van der Waals surface area contributed by atoms with Crippen LogP contribution in [0.25, 0.3) is 0 Å². The second kappa shape index (κ2) is 67.7. The summed E-state index contributed by atoms with van der Waals surface area (Å²) in [5.74, 6) is -1.20.